The van der Waals surface area contributed by atoms with Crippen LogP contribution in [0.25, 0.3) is 0 Å². The van der Waals surface area contributed by atoms with Gasteiger partial charge in [-0.2, -0.15) is 0 Å². The Morgan fingerprint density at radius 1 is 0.730 bits per heavy atom. The summed E-state index contributed by atoms with van der Waals surface area (Å²) in [6, 6.07) is 31.8. The summed E-state index contributed by atoms with van der Waals surface area (Å²) in [6.45, 7) is 6.39. The summed E-state index contributed by atoms with van der Waals surface area (Å²) in [6.07, 6.45) is 0.718. The zero-order chi connectivity index (χ0) is 26.5. The summed E-state index contributed by atoms with van der Waals surface area (Å²) in [7, 11) is -3.65. The molecule has 0 fully saturated rings. The summed E-state index contributed by atoms with van der Waals surface area (Å²) >= 11 is 0. The lowest BCUT2D eigenvalue weighted by Gasteiger charge is -2.19. The molecule has 0 aromatic heterocycles. The van der Waals surface area contributed by atoms with Gasteiger partial charge in [-0.05, 0) is 64.4 Å². The lowest BCUT2D eigenvalue weighted by Crippen LogP contribution is -2.23. The number of sulfonamides is 1. The fourth-order valence-electron chi connectivity index (χ4n) is 3.98. The minimum absolute atomic E-state index is 0.0479. The van der Waals surface area contributed by atoms with Crippen molar-refractivity contribution in [3.05, 3.63) is 131 Å². The van der Waals surface area contributed by atoms with E-state index < -0.39 is 10.0 Å². The van der Waals surface area contributed by atoms with E-state index in [2.05, 4.69) is 42.9 Å². The van der Waals surface area contributed by atoms with Crippen LogP contribution in [-0.4, -0.2) is 14.3 Å². The van der Waals surface area contributed by atoms with E-state index in [1.54, 1.807) is 36.4 Å². The molecule has 2 N–H and O–H groups in total. The maximum absolute atomic E-state index is 12.9. The van der Waals surface area contributed by atoms with E-state index >= 15 is 0 Å². The first-order valence-electron chi connectivity index (χ1n) is 12.2. The van der Waals surface area contributed by atoms with Gasteiger partial charge in [0, 0.05) is 17.8 Å². The van der Waals surface area contributed by atoms with Gasteiger partial charge in [-0.15, -0.1) is 0 Å². The molecule has 4 rings (SSSR count). The van der Waals surface area contributed by atoms with E-state index in [1.807, 2.05) is 54.6 Å². The maximum atomic E-state index is 12.9. The molecule has 37 heavy (non-hydrogen) atoms. The van der Waals surface area contributed by atoms with Crippen molar-refractivity contribution in [3.63, 3.8) is 0 Å². The second-order valence-electron chi connectivity index (χ2n) is 10.1. The van der Waals surface area contributed by atoms with Crippen LogP contribution in [0.15, 0.2) is 108 Å². The fraction of sp³-hybridized carbons (Fsp3) is 0.194. The molecule has 4 aromatic carbocycles. The molecule has 0 saturated heterocycles. The van der Waals surface area contributed by atoms with Gasteiger partial charge in [-0.3, -0.25) is 4.79 Å². The third-order valence-corrected chi connectivity index (χ3v) is 7.63. The molecule has 1 amide bonds. The van der Waals surface area contributed by atoms with Crippen LogP contribution in [0.4, 0.5) is 5.69 Å². The Morgan fingerprint density at radius 2 is 1.35 bits per heavy atom. The Hall–Kier alpha value is -3.74. The highest BCUT2D eigenvalue weighted by molar-refractivity contribution is 7.89. The van der Waals surface area contributed by atoms with Gasteiger partial charge in [-0.1, -0.05) is 93.6 Å². The smallest absolute Gasteiger partial charge is 0.255 e. The number of carbonyl (C=O) groups excluding carboxylic acids is 1. The number of anilines is 1. The second-order valence-corrected chi connectivity index (χ2v) is 11.8. The van der Waals surface area contributed by atoms with Gasteiger partial charge in [-0.25, -0.2) is 13.1 Å². The highest BCUT2D eigenvalue weighted by Crippen LogP contribution is 2.24. The third kappa shape index (κ3) is 6.94. The highest BCUT2D eigenvalue weighted by Gasteiger charge is 2.17. The number of para-hydroxylation sites is 1. The van der Waals surface area contributed by atoms with Gasteiger partial charge in [0.05, 0.1) is 4.90 Å². The molecule has 0 heterocycles. The molecule has 190 valence electrons. The highest BCUT2D eigenvalue weighted by atomic mass is 32.2. The van der Waals surface area contributed by atoms with Crippen LogP contribution in [0.1, 0.15) is 53.4 Å². The van der Waals surface area contributed by atoms with Gasteiger partial charge in [0.1, 0.15) is 0 Å². The topological polar surface area (TPSA) is 75.3 Å². The van der Waals surface area contributed by atoms with Gasteiger partial charge in [0.2, 0.25) is 10.0 Å². The van der Waals surface area contributed by atoms with E-state index in [1.165, 1.54) is 5.56 Å². The molecule has 0 unspecified atom stereocenters. The minimum Gasteiger partial charge on any atom is -0.322 e. The monoisotopic (exact) mass is 512 g/mol. The largest absolute Gasteiger partial charge is 0.322 e. The molecule has 6 heteroatoms. The molecular weight excluding hydrogens is 480 g/mol. The number of rotatable bonds is 8. The number of benzene rings is 4. The second kappa shape index (κ2) is 11.1. The van der Waals surface area contributed by atoms with Crippen molar-refractivity contribution >= 4 is 21.6 Å². The standard InChI is InChI=1S/C31H32N2O3S/c1-31(2,3)27-17-19-28(20-18-27)37(35,36)32-22-24-13-15-25(16-14-24)30(34)33-29-12-8-7-11-26(29)21-23-9-5-4-6-10-23/h4-20,32H,21-22H2,1-3H3,(H,33,34). The first-order chi connectivity index (χ1) is 17.6. The summed E-state index contributed by atoms with van der Waals surface area (Å²) in [5.74, 6) is -0.216. The van der Waals surface area contributed by atoms with Gasteiger partial charge < -0.3 is 5.32 Å². The quantitative estimate of drug-likeness (QED) is 0.291. The van der Waals surface area contributed by atoms with Crippen molar-refractivity contribution in [1.29, 1.82) is 0 Å². The molecule has 0 atom stereocenters. The van der Waals surface area contributed by atoms with Crippen LogP contribution < -0.4 is 10.0 Å². The number of carbonyl (C=O) groups is 1. The van der Waals surface area contributed by atoms with Gasteiger partial charge in [0.25, 0.3) is 5.91 Å². The molecular formula is C31H32N2O3S. The number of hydrogen-bond acceptors (Lipinski definition) is 3. The summed E-state index contributed by atoms with van der Waals surface area (Å²) < 4.78 is 28.1. The van der Waals surface area contributed by atoms with Crippen LogP contribution in [0.2, 0.25) is 0 Å². The van der Waals surface area contributed by atoms with E-state index in [0.717, 1.165) is 28.8 Å². The van der Waals surface area contributed by atoms with E-state index in [-0.39, 0.29) is 22.8 Å². The Kier molecular flexibility index (Phi) is 7.91. The van der Waals surface area contributed by atoms with Crippen molar-refractivity contribution < 1.29 is 13.2 Å². The zero-order valence-electron chi connectivity index (χ0n) is 21.4. The predicted octanol–water partition coefficient (Wildman–Crippen LogP) is 6.31. The number of amides is 1. The molecule has 0 spiro atoms. The van der Waals surface area contributed by atoms with Crippen LogP contribution in [0.5, 0.6) is 0 Å². The van der Waals surface area contributed by atoms with Crippen LogP contribution in [-0.2, 0) is 28.4 Å². The lowest BCUT2D eigenvalue weighted by atomic mass is 9.87. The summed E-state index contributed by atoms with van der Waals surface area (Å²) in [5, 5.41) is 3.01. The van der Waals surface area contributed by atoms with Crippen molar-refractivity contribution in [2.45, 2.75) is 44.0 Å². The predicted molar refractivity (Wildman–Crippen MR) is 149 cm³/mol. The summed E-state index contributed by atoms with van der Waals surface area (Å²) in [4.78, 5) is 13.1. The van der Waals surface area contributed by atoms with Gasteiger partial charge in [0.15, 0.2) is 0 Å². The van der Waals surface area contributed by atoms with Crippen LogP contribution in [0.3, 0.4) is 0 Å². The van der Waals surface area contributed by atoms with Crippen molar-refractivity contribution in [2.75, 3.05) is 5.32 Å². The third-order valence-electron chi connectivity index (χ3n) is 6.22. The Labute approximate surface area is 219 Å². The number of hydrogen-bond donors (Lipinski definition) is 2. The number of nitrogens with one attached hydrogen (secondary N) is 2. The fourth-order valence-corrected chi connectivity index (χ4v) is 4.99. The summed E-state index contributed by atoms with van der Waals surface area (Å²) in [5.41, 5.74) is 5.25. The lowest BCUT2D eigenvalue weighted by molar-refractivity contribution is 0.102. The average molecular weight is 513 g/mol. The van der Waals surface area contributed by atoms with Crippen LogP contribution in [0, 0.1) is 0 Å². The molecule has 0 aliphatic carbocycles. The molecule has 4 aromatic rings. The van der Waals surface area contributed by atoms with Crippen molar-refractivity contribution in [2.24, 2.45) is 0 Å². The molecule has 5 nitrogen and oxygen atoms in total. The first kappa shape index (κ1) is 26.3. The Balaban J connectivity index is 1.38. The van der Waals surface area contributed by atoms with Gasteiger partial charge >= 0.3 is 0 Å². The van der Waals surface area contributed by atoms with E-state index in [9.17, 15) is 13.2 Å². The molecule has 0 saturated carbocycles. The molecule has 0 radical (unpaired) electrons. The Morgan fingerprint density at radius 3 is 2.00 bits per heavy atom. The van der Waals surface area contributed by atoms with E-state index in [4.69, 9.17) is 0 Å². The molecule has 0 aliphatic heterocycles. The normalized spacial score (nSPS) is 11.8. The zero-order valence-corrected chi connectivity index (χ0v) is 22.2. The van der Waals surface area contributed by atoms with E-state index in [0.29, 0.717) is 5.56 Å². The molecule has 0 bridgehead atoms. The Bertz CT molecular complexity index is 1460. The maximum Gasteiger partial charge on any atom is 0.255 e. The SMILES string of the molecule is CC(C)(C)c1ccc(S(=O)(=O)NCc2ccc(C(=O)Nc3ccccc3Cc3ccccc3)cc2)cc1. The average Bonchev–Trinajstić information content (AvgIpc) is 2.89. The molecule has 0 aliphatic rings. The van der Waals surface area contributed by atoms with Crippen molar-refractivity contribution in [3.8, 4) is 0 Å². The first-order valence-corrected chi connectivity index (χ1v) is 13.7. The van der Waals surface area contributed by atoms with Crippen LogP contribution >= 0.6 is 0 Å². The van der Waals surface area contributed by atoms with Crippen molar-refractivity contribution in [1.82, 2.24) is 4.72 Å². The minimum atomic E-state index is -3.65.